The Morgan fingerprint density at radius 1 is 1.09 bits per heavy atom. The van der Waals surface area contributed by atoms with E-state index in [4.69, 9.17) is 23.2 Å². The number of hydrogen-bond acceptors (Lipinski definition) is 2. The molecule has 0 aromatic heterocycles. The number of carbonyl (C=O) groups is 1. The van der Waals surface area contributed by atoms with E-state index in [2.05, 4.69) is 21.2 Å². The Balaban J connectivity index is 2.20. The number of rotatable bonds is 8. The molecule has 0 radical (unpaired) electrons. The van der Waals surface area contributed by atoms with Crippen LogP contribution >= 0.6 is 50.9 Å². The molecule has 0 heterocycles. The predicted molar refractivity (Wildman–Crippen MR) is 129 cm³/mol. The summed E-state index contributed by atoms with van der Waals surface area (Å²) >= 11 is 15.2. The number of allylic oxidation sites excluding steroid dienone is 1. The van der Waals surface area contributed by atoms with Crippen molar-refractivity contribution in [2.24, 2.45) is 0 Å². The van der Waals surface area contributed by atoms with E-state index in [1.165, 1.54) is 19.1 Å². The van der Waals surface area contributed by atoms with E-state index in [-0.39, 0.29) is 37.0 Å². The lowest BCUT2D eigenvalue weighted by Crippen LogP contribution is -2.34. The van der Waals surface area contributed by atoms with Gasteiger partial charge in [0.05, 0.1) is 21.4 Å². The summed E-state index contributed by atoms with van der Waals surface area (Å²) in [4.78, 5) is 12.4. The molecular formula is C22H17BrCl2F7NOS. The van der Waals surface area contributed by atoms with Crippen LogP contribution in [0.3, 0.4) is 0 Å². The maximum Gasteiger partial charge on any atom is 0.399 e. The van der Waals surface area contributed by atoms with Crippen LogP contribution in [0, 0.1) is 0 Å². The summed E-state index contributed by atoms with van der Waals surface area (Å²) in [7, 11) is 0. The first-order chi connectivity index (χ1) is 16.1. The van der Waals surface area contributed by atoms with Crippen LogP contribution in [0.25, 0.3) is 5.83 Å². The van der Waals surface area contributed by atoms with Crippen LogP contribution in [0.4, 0.5) is 30.7 Å². The van der Waals surface area contributed by atoms with Gasteiger partial charge in [-0.05, 0) is 58.8 Å². The molecule has 2 nitrogen and oxygen atoms in total. The third-order valence-electron chi connectivity index (χ3n) is 4.47. The molecule has 2 rings (SSSR count). The zero-order chi connectivity index (χ0) is 26.6. The lowest BCUT2D eigenvalue weighted by atomic mass is 9.96. The van der Waals surface area contributed by atoms with E-state index in [1.807, 2.05) is 0 Å². The zero-order valence-corrected chi connectivity index (χ0v) is 21.6. The molecule has 0 aliphatic carbocycles. The molecule has 2 aromatic carbocycles. The minimum absolute atomic E-state index is 0.00582. The molecule has 1 amide bonds. The summed E-state index contributed by atoms with van der Waals surface area (Å²) in [5.41, 5.74) is -0.503. The van der Waals surface area contributed by atoms with Gasteiger partial charge in [0.15, 0.2) is 0 Å². The number of halogens is 10. The van der Waals surface area contributed by atoms with Crippen molar-refractivity contribution >= 4 is 62.6 Å². The molecule has 0 aliphatic rings. The molecular weight excluding hydrogens is 610 g/mol. The van der Waals surface area contributed by atoms with E-state index in [9.17, 15) is 35.5 Å². The van der Waals surface area contributed by atoms with Crippen LogP contribution in [0.15, 0.2) is 46.9 Å². The second kappa shape index (κ2) is 12.2. The van der Waals surface area contributed by atoms with Gasteiger partial charge in [0.2, 0.25) is 0 Å². The van der Waals surface area contributed by atoms with E-state index >= 15 is 0 Å². The van der Waals surface area contributed by atoms with Crippen LogP contribution in [0.5, 0.6) is 0 Å². The fourth-order valence-corrected chi connectivity index (χ4v) is 4.52. The van der Waals surface area contributed by atoms with Crippen molar-refractivity contribution in [2.45, 2.75) is 31.2 Å². The summed E-state index contributed by atoms with van der Waals surface area (Å²) in [6, 6.07) is 6.12. The van der Waals surface area contributed by atoms with Crippen molar-refractivity contribution < 1.29 is 35.5 Å². The minimum Gasteiger partial charge on any atom is -0.349 e. The summed E-state index contributed by atoms with van der Waals surface area (Å²) < 4.78 is 92.5. The quantitative estimate of drug-likeness (QED) is 0.297. The number of carbonyl (C=O) groups excluding carboxylic acids is 1. The van der Waals surface area contributed by atoms with Crippen LogP contribution < -0.4 is 5.32 Å². The van der Waals surface area contributed by atoms with E-state index in [0.717, 1.165) is 24.3 Å². The van der Waals surface area contributed by atoms with Crippen LogP contribution in [0.2, 0.25) is 10.0 Å². The minimum atomic E-state index is -4.83. The molecule has 35 heavy (non-hydrogen) atoms. The van der Waals surface area contributed by atoms with E-state index in [0.29, 0.717) is 17.8 Å². The molecule has 1 unspecified atom stereocenters. The van der Waals surface area contributed by atoms with Gasteiger partial charge in [-0.3, -0.25) is 4.79 Å². The molecule has 13 heteroatoms. The van der Waals surface area contributed by atoms with Gasteiger partial charge >= 0.3 is 12.4 Å². The van der Waals surface area contributed by atoms with Gasteiger partial charge in [0, 0.05) is 21.8 Å². The van der Waals surface area contributed by atoms with Crippen LogP contribution in [-0.4, -0.2) is 35.8 Å². The second-order valence-electron chi connectivity index (χ2n) is 7.41. The molecule has 0 aliphatic heterocycles. The third-order valence-corrected chi connectivity index (χ3v) is 7.13. The van der Waals surface area contributed by atoms with Gasteiger partial charge in [-0.15, -0.1) is 0 Å². The summed E-state index contributed by atoms with van der Waals surface area (Å²) in [5, 5.41) is 2.45. The Morgan fingerprint density at radius 3 is 2.29 bits per heavy atom. The number of amides is 1. The number of nitrogens with one attached hydrogen (secondary N) is 1. The van der Waals surface area contributed by atoms with Gasteiger partial charge in [0.25, 0.3) is 5.91 Å². The van der Waals surface area contributed by atoms with Crippen molar-refractivity contribution in [2.75, 3.05) is 11.5 Å². The summed E-state index contributed by atoms with van der Waals surface area (Å²) in [6.45, 7) is 1.52. The Kier molecular flexibility index (Phi) is 10.4. The van der Waals surface area contributed by atoms with Crippen LogP contribution in [-0.2, 0) is 0 Å². The van der Waals surface area contributed by atoms with Gasteiger partial charge in [-0.1, -0.05) is 35.3 Å². The highest BCUT2D eigenvalue weighted by molar-refractivity contribution is 9.10. The summed E-state index contributed by atoms with van der Waals surface area (Å²) in [6.07, 6.45) is -8.76. The Bertz CT molecular complexity index is 1090. The van der Waals surface area contributed by atoms with Crippen molar-refractivity contribution in [1.82, 2.24) is 5.32 Å². The fraction of sp³-hybridized carbons (Fsp3) is 0.318. The van der Waals surface area contributed by atoms with Gasteiger partial charge in [0.1, 0.15) is 11.7 Å². The Morgan fingerprint density at radius 2 is 1.74 bits per heavy atom. The number of hydrogen-bond donors (Lipinski definition) is 1. The highest BCUT2D eigenvalue weighted by Crippen LogP contribution is 2.40. The normalized spacial score (nSPS) is 14.5. The largest absolute Gasteiger partial charge is 0.399 e. The highest BCUT2D eigenvalue weighted by atomic mass is 79.9. The lowest BCUT2D eigenvalue weighted by Gasteiger charge is -2.18. The average Bonchev–Trinajstić information content (AvgIpc) is 2.71. The SMILES string of the molecule is C[C@H](CSCC(F)(F)F)NC(=O)c1ccc(/C(F)=C/C(c2ccc(Cl)c(Cl)c2)C(F)(F)F)cc1Br. The highest BCUT2D eigenvalue weighted by Gasteiger charge is 2.40. The second-order valence-corrected chi connectivity index (χ2v) is 10.1. The molecule has 0 saturated heterocycles. The molecule has 0 spiro atoms. The maximum atomic E-state index is 14.8. The fourth-order valence-electron chi connectivity index (χ4n) is 2.87. The van der Waals surface area contributed by atoms with Gasteiger partial charge in [-0.2, -0.15) is 38.1 Å². The molecule has 1 N–H and O–H groups in total. The van der Waals surface area contributed by atoms with Crippen LogP contribution in [0.1, 0.15) is 34.3 Å². The molecule has 2 atom stereocenters. The number of alkyl halides is 6. The average molecular weight is 627 g/mol. The van der Waals surface area contributed by atoms with Crippen molar-refractivity contribution in [3.63, 3.8) is 0 Å². The van der Waals surface area contributed by atoms with Crippen molar-refractivity contribution in [3.05, 3.63) is 73.7 Å². The first-order valence-corrected chi connectivity index (χ1v) is 12.4. The first kappa shape index (κ1) is 29.8. The maximum absolute atomic E-state index is 14.8. The van der Waals surface area contributed by atoms with Crippen molar-refractivity contribution in [3.8, 4) is 0 Å². The Labute approximate surface area is 219 Å². The smallest absolute Gasteiger partial charge is 0.349 e. The summed E-state index contributed by atoms with van der Waals surface area (Å²) in [5.74, 6) is -5.20. The monoisotopic (exact) mass is 625 g/mol. The Hall–Kier alpha value is -1.43. The number of benzene rings is 2. The van der Waals surface area contributed by atoms with E-state index < -0.39 is 41.8 Å². The molecule has 0 saturated carbocycles. The number of thioether (sulfide) groups is 1. The van der Waals surface area contributed by atoms with Crippen molar-refractivity contribution in [1.29, 1.82) is 0 Å². The van der Waals surface area contributed by atoms with E-state index in [1.54, 1.807) is 0 Å². The third kappa shape index (κ3) is 9.18. The first-order valence-electron chi connectivity index (χ1n) is 9.72. The lowest BCUT2D eigenvalue weighted by molar-refractivity contribution is -0.139. The molecule has 0 fully saturated rings. The zero-order valence-electron chi connectivity index (χ0n) is 17.7. The molecule has 0 bridgehead atoms. The van der Waals surface area contributed by atoms with Gasteiger partial charge in [-0.25, -0.2) is 4.39 Å². The van der Waals surface area contributed by atoms with Gasteiger partial charge < -0.3 is 5.32 Å². The predicted octanol–water partition coefficient (Wildman–Crippen LogP) is 8.83. The molecule has 192 valence electrons. The molecule has 2 aromatic rings. The standard InChI is InChI=1S/C22H17BrCl2F7NOS/c1-11(9-35-10-21(27,28)29)33-20(34)14-4-2-13(6-16(14)23)19(26)8-15(22(30,31)32)12-3-5-17(24)18(25)7-12/h2-8,11,15H,9-10H2,1H3,(H,33,34)/b19-8-/t11-,15?/m1/s1. The topological polar surface area (TPSA) is 29.1 Å².